The maximum Gasteiger partial charge on any atom is 0.254 e. The molecule has 9 rings (SSSR count). The van der Waals surface area contributed by atoms with Gasteiger partial charge in [0.1, 0.15) is 17.0 Å². The number of Topliss-reactive ketones (excluding diaryl/α,β-unsaturated/α-hetero) is 1. The predicted octanol–water partition coefficient (Wildman–Crippen LogP) is 4.80. The maximum absolute atomic E-state index is 13.8. The molecule has 2 saturated carbocycles. The van der Waals surface area contributed by atoms with Gasteiger partial charge in [-0.05, 0) is 85.0 Å². The van der Waals surface area contributed by atoms with Crippen LogP contribution < -0.4 is 14.8 Å². The van der Waals surface area contributed by atoms with Crippen molar-refractivity contribution in [2.45, 2.75) is 44.3 Å². The van der Waals surface area contributed by atoms with E-state index in [1.54, 1.807) is 19.2 Å². The van der Waals surface area contributed by atoms with Crippen molar-refractivity contribution in [1.82, 2.24) is 19.0 Å². The number of likely N-dealkylation sites (tertiary alicyclic amines) is 1. The van der Waals surface area contributed by atoms with Crippen molar-refractivity contribution >= 4 is 49.3 Å². The molecule has 3 aromatic carbocycles. The van der Waals surface area contributed by atoms with Crippen LogP contribution in [-0.2, 0) is 23.6 Å². The minimum Gasteiger partial charge on any atom is -0.494 e. The third-order valence-corrected chi connectivity index (χ3v) is 12.9. The summed E-state index contributed by atoms with van der Waals surface area (Å²) >= 11 is 0. The van der Waals surface area contributed by atoms with E-state index in [0.717, 1.165) is 58.5 Å². The Morgan fingerprint density at radius 2 is 1.78 bits per heavy atom. The van der Waals surface area contributed by atoms with Gasteiger partial charge in [0.25, 0.3) is 5.91 Å². The first-order valence-corrected chi connectivity index (χ1v) is 18.5. The van der Waals surface area contributed by atoms with E-state index in [1.165, 1.54) is 24.2 Å². The number of fused-ring (bicyclic) bond motifs is 5. The Morgan fingerprint density at radius 3 is 2.49 bits per heavy atom. The number of hydrogen-bond donors (Lipinski definition) is 1. The van der Waals surface area contributed by atoms with Crippen molar-refractivity contribution in [2.75, 3.05) is 30.8 Å². The SMILES string of the molecule is COc1cc(C(=O)N2CC3CCC2C3N)cc2nc(-c3cc4ccc(-c5ccc6c(c5)C(=O)CS(=O)(=O)N6C)cc4n3CC3CC3)n(C)c12. The van der Waals surface area contributed by atoms with E-state index in [2.05, 4.69) is 22.8 Å². The molecule has 4 aliphatic rings. The molecule has 2 aliphatic carbocycles. The summed E-state index contributed by atoms with van der Waals surface area (Å²) in [6.07, 6.45) is 4.37. The van der Waals surface area contributed by atoms with Gasteiger partial charge in [0, 0.05) is 61.3 Å². The van der Waals surface area contributed by atoms with Crippen LogP contribution in [0.5, 0.6) is 5.75 Å². The number of amides is 1. The van der Waals surface area contributed by atoms with Crippen LogP contribution in [0.1, 0.15) is 46.4 Å². The number of ether oxygens (including phenoxy) is 1. The van der Waals surface area contributed by atoms with E-state index in [1.807, 2.05) is 40.8 Å². The van der Waals surface area contributed by atoms with Crippen LogP contribution in [0.4, 0.5) is 5.69 Å². The summed E-state index contributed by atoms with van der Waals surface area (Å²) in [5.41, 5.74) is 13.1. The smallest absolute Gasteiger partial charge is 0.254 e. The summed E-state index contributed by atoms with van der Waals surface area (Å²) in [5, 5.41) is 1.06. The average molecular weight is 679 g/mol. The van der Waals surface area contributed by atoms with E-state index in [0.29, 0.717) is 46.5 Å². The van der Waals surface area contributed by atoms with Crippen LogP contribution in [0.2, 0.25) is 0 Å². The highest BCUT2D eigenvalue weighted by Gasteiger charge is 2.47. The number of carbonyl (C=O) groups is 2. The van der Waals surface area contributed by atoms with Crippen LogP contribution in [0.3, 0.4) is 0 Å². The van der Waals surface area contributed by atoms with Crippen molar-refractivity contribution in [2.24, 2.45) is 24.6 Å². The summed E-state index contributed by atoms with van der Waals surface area (Å²) in [6, 6.07) is 17.7. The van der Waals surface area contributed by atoms with E-state index in [-0.39, 0.29) is 18.0 Å². The first kappa shape index (κ1) is 30.4. The predicted molar refractivity (Wildman–Crippen MR) is 188 cm³/mol. The monoisotopic (exact) mass is 678 g/mol. The fraction of sp³-hybridized carbons (Fsp3) is 0.378. The number of anilines is 1. The van der Waals surface area contributed by atoms with E-state index in [4.69, 9.17) is 15.5 Å². The highest BCUT2D eigenvalue weighted by atomic mass is 32.2. The van der Waals surface area contributed by atoms with Gasteiger partial charge in [0.05, 0.1) is 24.0 Å². The number of sulfonamides is 1. The molecule has 49 heavy (non-hydrogen) atoms. The molecular formula is C37H38N6O5S. The number of benzene rings is 3. The van der Waals surface area contributed by atoms with Crippen LogP contribution in [0, 0.1) is 11.8 Å². The topological polar surface area (TPSA) is 133 Å². The van der Waals surface area contributed by atoms with E-state index < -0.39 is 21.6 Å². The Morgan fingerprint density at radius 1 is 1.00 bits per heavy atom. The number of ketones is 1. The number of nitrogens with two attached hydrogens (primary N) is 1. The van der Waals surface area contributed by atoms with Gasteiger partial charge in [-0.2, -0.15) is 0 Å². The standard InChI is InChI=1S/C37H38N6O5S/c1-40-35-27(13-25(16-33(35)48-3)37(45)43-18-24-9-11-29(43)34(24)38)39-36(40)31-15-23-7-6-22(14-30(23)42(31)17-20-4-5-20)21-8-10-28-26(12-21)32(44)19-49(46,47)41(28)2/h6-8,10,12-16,20,24,29,34H,4-5,9,11,17-19,38H2,1-3H3. The van der Waals surface area contributed by atoms with Crippen molar-refractivity contribution in [3.63, 3.8) is 0 Å². The zero-order valence-corrected chi connectivity index (χ0v) is 28.5. The van der Waals surface area contributed by atoms with Gasteiger partial charge < -0.3 is 24.5 Å². The van der Waals surface area contributed by atoms with Gasteiger partial charge in [0.2, 0.25) is 10.0 Å². The molecule has 3 atom stereocenters. The Hall–Kier alpha value is -4.68. The van der Waals surface area contributed by atoms with Gasteiger partial charge in [-0.25, -0.2) is 13.4 Å². The molecule has 2 aromatic heterocycles. The molecule has 2 bridgehead atoms. The Balaban J connectivity index is 1.14. The molecule has 3 unspecified atom stereocenters. The van der Waals surface area contributed by atoms with E-state index in [9.17, 15) is 18.0 Å². The Kier molecular flexibility index (Phi) is 6.61. The summed E-state index contributed by atoms with van der Waals surface area (Å²) in [5.74, 6) is 1.37. The van der Waals surface area contributed by atoms with Crippen LogP contribution >= 0.6 is 0 Å². The lowest BCUT2D eigenvalue weighted by Gasteiger charge is -2.27. The quantitative estimate of drug-likeness (QED) is 0.273. The third-order valence-electron chi connectivity index (χ3n) is 11.3. The van der Waals surface area contributed by atoms with Gasteiger partial charge in [-0.1, -0.05) is 18.2 Å². The maximum atomic E-state index is 13.8. The molecule has 1 amide bonds. The molecular weight excluding hydrogens is 641 g/mol. The number of hydrogen-bond acceptors (Lipinski definition) is 7. The number of aryl methyl sites for hydroxylation is 1. The van der Waals surface area contributed by atoms with Crippen LogP contribution in [0.15, 0.2) is 54.6 Å². The summed E-state index contributed by atoms with van der Waals surface area (Å²) in [7, 11) is 1.44. The van der Waals surface area contributed by atoms with Crippen molar-refractivity contribution in [1.29, 1.82) is 0 Å². The molecule has 5 aromatic rings. The minimum atomic E-state index is -3.66. The number of methoxy groups -OCH3 is 1. The Labute approximate surface area is 284 Å². The molecule has 0 spiro atoms. The summed E-state index contributed by atoms with van der Waals surface area (Å²) in [4.78, 5) is 33.7. The van der Waals surface area contributed by atoms with Gasteiger partial charge in [-0.15, -0.1) is 0 Å². The van der Waals surface area contributed by atoms with Gasteiger partial charge in [-0.3, -0.25) is 13.9 Å². The number of aromatic nitrogens is 3. The van der Waals surface area contributed by atoms with Crippen molar-refractivity contribution in [3.05, 3.63) is 65.7 Å². The molecule has 2 N–H and O–H groups in total. The average Bonchev–Trinajstić information content (AvgIpc) is 3.50. The summed E-state index contributed by atoms with van der Waals surface area (Å²) < 4.78 is 36.3. The highest BCUT2D eigenvalue weighted by molar-refractivity contribution is 7.93. The largest absolute Gasteiger partial charge is 0.494 e. The lowest BCUT2D eigenvalue weighted by molar-refractivity contribution is 0.0700. The second kappa shape index (κ2) is 10.7. The van der Waals surface area contributed by atoms with Gasteiger partial charge >= 0.3 is 0 Å². The van der Waals surface area contributed by atoms with Crippen LogP contribution in [0.25, 0.3) is 44.6 Å². The molecule has 1 saturated heterocycles. The number of imidazole rings is 1. The zero-order valence-electron chi connectivity index (χ0n) is 27.7. The normalized spacial score (nSPS) is 22.8. The number of piperidine rings is 1. The first-order valence-electron chi connectivity index (χ1n) is 16.9. The molecule has 252 valence electrons. The van der Waals surface area contributed by atoms with Crippen molar-refractivity contribution in [3.8, 4) is 28.4 Å². The fourth-order valence-corrected chi connectivity index (χ4v) is 9.48. The number of nitrogens with zero attached hydrogens (tertiary/aromatic N) is 5. The molecule has 2 aliphatic heterocycles. The van der Waals surface area contributed by atoms with E-state index >= 15 is 0 Å². The third kappa shape index (κ3) is 4.64. The molecule has 11 nitrogen and oxygen atoms in total. The van der Waals surface area contributed by atoms with Crippen LogP contribution in [-0.4, -0.2) is 77.7 Å². The molecule has 0 radical (unpaired) electrons. The lowest BCUT2D eigenvalue weighted by Crippen LogP contribution is -2.41. The zero-order chi connectivity index (χ0) is 33.9. The Bertz CT molecular complexity index is 2360. The second-order valence-corrected chi connectivity index (χ2v) is 16.2. The minimum absolute atomic E-state index is 0.0254. The molecule has 4 heterocycles. The lowest BCUT2D eigenvalue weighted by atomic mass is 9.99. The number of rotatable bonds is 6. The molecule has 12 heteroatoms. The first-order chi connectivity index (χ1) is 23.5. The number of carbonyl (C=O) groups excluding carboxylic acids is 2. The highest BCUT2D eigenvalue weighted by Crippen LogP contribution is 2.41. The summed E-state index contributed by atoms with van der Waals surface area (Å²) in [6.45, 7) is 1.54. The van der Waals surface area contributed by atoms with Crippen molar-refractivity contribution < 1.29 is 22.7 Å². The van der Waals surface area contributed by atoms with Gasteiger partial charge in [0.15, 0.2) is 11.6 Å². The second-order valence-electron chi connectivity index (χ2n) is 14.2. The fourth-order valence-electron chi connectivity index (χ4n) is 8.34. The molecule has 3 fully saturated rings.